The maximum atomic E-state index is 10.6. The van der Waals surface area contributed by atoms with Crippen LogP contribution >= 0.6 is 0 Å². The number of carbonyl (C=O) groups is 1. The highest BCUT2D eigenvalue weighted by atomic mass is 28.3. The lowest BCUT2D eigenvalue weighted by atomic mass is 10.3. The van der Waals surface area contributed by atoms with Gasteiger partial charge in [-0.2, -0.15) is 0 Å². The molecular formula is C11H18N2OSi. The zero-order chi connectivity index (χ0) is 11.3. The average Bonchev–Trinajstić information content (AvgIpc) is 2.18. The van der Waals surface area contributed by atoms with Gasteiger partial charge in [-0.3, -0.25) is 9.78 Å². The number of nitrogens with zero attached hydrogens (tertiary/aromatic N) is 1. The molecule has 1 heterocycles. The van der Waals surface area contributed by atoms with Gasteiger partial charge in [0.2, 0.25) is 5.91 Å². The number of nitrogens with two attached hydrogens (primary N) is 1. The Morgan fingerprint density at radius 2 is 2.27 bits per heavy atom. The summed E-state index contributed by atoms with van der Waals surface area (Å²) in [6.07, 6.45) is 5.12. The summed E-state index contributed by atoms with van der Waals surface area (Å²) >= 11 is 0. The second-order valence-electron chi connectivity index (χ2n) is 4.45. The van der Waals surface area contributed by atoms with Gasteiger partial charge in [0.05, 0.1) is 8.07 Å². The van der Waals surface area contributed by atoms with Gasteiger partial charge < -0.3 is 5.73 Å². The SMILES string of the molecule is C[Si](C)(CCCC(N)=O)c1cccnc1. The molecule has 0 aliphatic heterocycles. The van der Waals surface area contributed by atoms with Crippen LogP contribution in [0.2, 0.25) is 19.1 Å². The Labute approximate surface area is 91.7 Å². The fraction of sp³-hybridized carbons (Fsp3) is 0.455. The van der Waals surface area contributed by atoms with Gasteiger partial charge in [0.1, 0.15) is 0 Å². The van der Waals surface area contributed by atoms with Crippen molar-refractivity contribution >= 4 is 19.2 Å². The minimum Gasteiger partial charge on any atom is -0.370 e. The van der Waals surface area contributed by atoms with Crippen LogP contribution in [-0.4, -0.2) is 19.0 Å². The third kappa shape index (κ3) is 3.83. The molecule has 1 rings (SSSR count). The second kappa shape index (κ2) is 5.07. The van der Waals surface area contributed by atoms with Gasteiger partial charge in [-0.25, -0.2) is 0 Å². The van der Waals surface area contributed by atoms with E-state index in [0.29, 0.717) is 6.42 Å². The number of aromatic nitrogens is 1. The molecular weight excluding hydrogens is 204 g/mol. The van der Waals surface area contributed by atoms with Crippen LogP contribution in [0.25, 0.3) is 0 Å². The van der Waals surface area contributed by atoms with Crippen molar-refractivity contribution in [1.29, 1.82) is 0 Å². The molecule has 0 bridgehead atoms. The lowest BCUT2D eigenvalue weighted by molar-refractivity contribution is -0.118. The van der Waals surface area contributed by atoms with Crippen molar-refractivity contribution in [1.82, 2.24) is 4.98 Å². The van der Waals surface area contributed by atoms with E-state index in [1.165, 1.54) is 5.19 Å². The number of hydrogen-bond donors (Lipinski definition) is 1. The Balaban J connectivity index is 2.56. The molecule has 1 aromatic heterocycles. The van der Waals surface area contributed by atoms with Gasteiger partial charge in [-0.1, -0.05) is 25.2 Å². The second-order valence-corrected chi connectivity index (χ2v) is 9.29. The molecule has 0 unspecified atom stereocenters. The van der Waals surface area contributed by atoms with E-state index in [1.54, 1.807) is 6.20 Å². The summed E-state index contributed by atoms with van der Waals surface area (Å²) in [4.78, 5) is 14.8. The maximum absolute atomic E-state index is 10.6. The van der Waals surface area contributed by atoms with Crippen molar-refractivity contribution < 1.29 is 4.79 Å². The summed E-state index contributed by atoms with van der Waals surface area (Å²) in [6, 6.07) is 5.18. The fourth-order valence-electron chi connectivity index (χ4n) is 1.61. The van der Waals surface area contributed by atoms with E-state index >= 15 is 0 Å². The monoisotopic (exact) mass is 222 g/mol. The van der Waals surface area contributed by atoms with E-state index in [1.807, 2.05) is 12.3 Å². The van der Waals surface area contributed by atoms with Crippen LogP contribution in [-0.2, 0) is 4.79 Å². The van der Waals surface area contributed by atoms with E-state index in [9.17, 15) is 4.79 Å². The molecule has 1 amide bonds. The molecule has 0 saturated heterocycles. The third-order valence-electron chi connectivity index (χ3n) is 2.67. The summed E-state index contributed by atoms with van der Waals surface area (Å²) in [5, 5.41) is 1.34. The summed E-state index contributed by atoms with van der Waals surface area (Å²) in [6.45, 7) is 4.59. The normalized spacial score (nSPS) is 11.3. The lowest BCUT2D eigenvalue weighted by Gasteiger charge is -2.21. The van der Waals surface area contributed by atoms with Gasteiger partial charge in [-0.05, 0) is 17.7 Å². The van der Waals surface area contributed by atoms with Crippen molar-refractivity contribution in [3.05, 3.63) is 24.5 Å². The number of carbonyl (C=O) groups excluding carboxylic acids is 1. The van der Waals surface area contributed by atoms with Crippen molar-refractivity contribution in [2.24, 2.45) is 5.73 Å². The van der Waals surface area contributed by atoms with E-state index < -0.39 is 8.07 Å². The highest BCUT2D eigenvalue weighted by Gasteiger charge is 2.22. The van der Waals surface area contributed by atoms with E-state index in [4.69, 9.17) is 5.73 Å². The lowest BCUT2D eigenvalue weighted by Crippen LogP contribution is -2.41. The molecule has 0 fully saturated rings. The number of hydrogen-bond acceptors (Lipinski definition) is 2. The predicted octanol–water partition coefficient (Wildman–Crippen LogP) is 1.26. The number of pyridine rings is 1. The van der Waals surface area contributed by atoms with Crippen molar-refractivity contribution in [2.45, 2.75) is 32.0 Å². The first-order valence-corrected chi connectivity index (χ1v) is 8.42. The summed E-state index contributed by atoms with van der Waals surface area (Å²) < 4.78 is 0. The highest BCUT2D eigenvalue weighted by Crippen LogP contribution is 2.13. The van der Waals surface area contributed by atoms with Gasteiger partial charge >= 0.3 is 0 Å². The molecule has 0 aliphatic rings. The van der Waals surface area contributed by atoms with Gasteiger partial charge in [-0.15, -0.1) is 0 Å². The van der Waals surface area contributed by atoms with E-state index in [-0.39, 0.29) is 5.91 Å². The molecule has 0 saturated carbocycles. The third-order valence-corrected chi connectivity index (χ3v) is 6.13. The summed E-state index contributed by atoms with van der Waals surface area (Å²) in [7, 11) is -1.42. The minimum atomic E-state index is -1.42. The zero-order valence-electron chi connectivity index (χ0n) is 9.36. The predicted molar refractivity (Wildman–Crippen MR) is 64.6 cm³/mol. The molecule has 0 radical (unpaired) electrons. The molecule has 2 N–H and O–H groups in total. The molecule has 0 aromatic carbocycles. The first-order chi connectivity index (χ1) is 7.02. The van der Waals surface area contributed by atoms with Crippen LogP contribution in [0.5, 0.6) is 0 Å². The molecule has 0 atom stereocenters. The Morgan fingerprint density at radius 1 is 1.53 bits per heavy atom. The smallest absolute Gasteiger partial charge is 0.217 e. The largest absolute Gasteiger partial charge is 0.370 e. The van der Waals surface area contributed by atoms with Crippen LogP contribution in [0.4, 0.5) is 0 Å². The Bertz CT molecular complexity index is 325. The molecule has 0 spiro atoms. The molecule has 3 nitrogen and oxygen atoms in total. The zero-order valence-corrected chi connectivity index (χ0v) is 10.4. The fourth-order valence-corrected chi connectivity index (χ4v) is 3.93. The Morgan fingerprint density at radius 3 is 2.80 bits per heavy atom. The first-order valence-electron chi connectivity index (χ1n) is 5.21. The molecule has 1 aromatic rings. The molecule has 15 heavy (non-hydrogen) atoms. The van der Waals surface area contributed by atoms with Crippen LogP contribution in [0.3, 0.4) is 0 Å². The molecule has 4 heteroatoms. The van der Waals surface area contributed by atoms with Crippen molar-refractivity contribution in [2.75, 3.05) is 0 Å². The summed E-state index contributed by atoms with van der Waals surface area (Å²) in [5.74, 6) is -0.203. The first kappa shape index (κ1) is 11.9. The van der Waals surface area contributed by atoms with Gasteiger partial charge in [0.25, 0.3) is 0 Å². The maximum Gasteiger partial charge on any atom is 0.217 e. The van der Waals surface area contributed by atoms with E-state index in [0.717, 1.165) is 12.5 Å². The van der Waals surface area contributed by atoms with Crippen molar-refractivity contribution in [3.63, 3.8) is 0 Å². The Hall–Kier alpha value is -1.16. The topological polar surface area (TPSA) is 56.0 Å². The molecule has 0 aliphatic carbocycles. The number of amides is 1. The van der Waals surface area contributed by atoms with Crippen LogP contribution in [0, 0.1) is 0 Å². The van der Waals surface area contributed by atoms with Gasteiger partial charge in [0, 0.05) is 18.8 Å². The van der Waals surface area contributed by atoms with Crippen molar-refractivity contribution in [3.8, 4) is 0 Å². The quantitative estimate of drug-likeness (QED) is 0.763. The van der Waals surface area contributed by atoms with Crippen LogP contribution in [0.15, 0.2) is 24.5 Å². The number of rotatable bonds is 5. The minimum absolute atomic E-state index is 0.203. The van der Waals surface area contributed by atoms with Crippen LogP contribution < -0.4 is 10.9 Å². The van der Waals surface area contributed by atoms with Crippen LogP contribution in [0.1, 0.15) is 12.8 Å². The van der Waals surface area contributed by atoms with E-state index in [2.05, 4.69) is 24.1 Å². The standard InChI is InChI=1S/C11H18N2OSi/c1-15(2,8-4-6-11(12)14)10-5-3-7-13-9-10/h3,5,7,9H,4,6,8H2,1-2H3,(H2,12,14). The number of primary amides is 1. The Kier molecular flexibility index (Phi) is 4.02. The summed E-state index contributed by atoms with van der Waals surface area (Å²) in [5.41, 5.74) is 5.12. The average molecular weight is 222 g/mol. The van der Waals surface area contributed by atoms with Gasteiger partial charge in [0.15, 0.2) is 0 Å². The highest BCUT2D eigenvalue weighted by molar-refractivity contribution is 6.89. The molecule has 82 valence electrons.